The van der Waals surface area contributed by atoms with Crippen molar-refractivity contribution in [2.75, 3.05) is 6.61 Å². The van der Waals surface area contributed by atoms with Crippen LogP contribution in [0.25, 0.3) is 0 Å². The molecule has 5 aliphatic rings. The number of carbonyl (C=O) groups excluding carboxylic acids is 2. The average molecular weight is 563 g/mol. The predicted molar refractivity (Wildman–Crippen MR) is 126 cm³/mol. The van der Waals surface area contributed by atoms with Crippen LogP contribution in [0.3, 0.4) is 0 Å². The van der Waals surface area contributed by atoms with Gasteiger partial charge in [-0.05, 0) is 50.3 Å². The van der Waals surface area contributed by atoms with Gasteiger partial charge in [0.05, 0.1) is 30.0 Å². The molecule has 9 nitrogen and oxygen atoms in total. The molecule has 0 aromatic heterocycles. The Morgan fingerprint density at radius 1 is 1.08 bits per heavy atom. The molecule has 210 valence electrons. The van der Waals surface area contributed by atoms with Crippen LogP contribution in [0.2, 0.25) is 5.02 Å². The number of fused-ring (bicyclic) bond motifs is 4. The van der Waals surface area contributed by atoms with Crippen LogP contribution in [0.4, 0.5) is 13.2 Å². The van der Waals surface area contributed by atoms with Crippen molar-refractivity contribution in [2.24, 2.45) is 0 Å². The Labute approximate surface area is 221 Å². The van der Waals surface area contributed by atoms with Crippen LogP contribution < -0.4 is 15.4 Å². The highest BCUT2D eigenvalue weighted by molar-refractivity contribution is 6.30. The lowest BCUT2D eigenvalue weighted by Gasteiger charge is -2.56. The summed E-state index contributed by atoms with van der Waals surface area (Å²) < 4.78 is 51.8. The number of alkyl halides is 3. The zero-order valence-corrected chi connectivity index (χ0v) is 21.2. The summed E-state index contributed by atoms with van der Waals surface area (Å²) in [7, 11) is 0. The maximum Gasteiger partial charge on any atom is 0.522 e. The molecule has 0 unspecified atom stereocenters. The van der Waals surface area contributed by atoms with E-state index < -0.39 is 53.9 Å². The van der Waals surface area contributed by atoms with Crippen LogP contribution in [0.5, 0.6) is 5.75 Å². The van der Waals surface area contributed by atoms with Crippen molar-refractivity contribution in [3.63, 3.8) is 0 Å². The number of amides is 2. The predicted octanol–water partition coefficient (Wildman–Crippen LogP) is 2.66. The third-order valence-corrected chi connectivity index (χ3v) is 8.46. The molecule has 1 aromatic rings. The van der Waals surface area contributed by atoms with Crippen molar-refractivity contribution < 1.29 is 47.2 Å². The van der Waals surface area contributed by atoms with Crippen LogP contribution in [-0.4, -0.2) is 70.5 Å². The van der Waals surface area contributed by atoms with E-state index in [1.807, 2.05) is 0 Å². The monoisotopic (exact) mass is 562 g/mol. The highest BCUT2D eigenvalue weighted by atomic mass is 35.5. The van der Waals surface area contributed by atoms with Gasteiger partial charge < -0.3 is 30.3 Å². The summed E-state index contributed by atoms with van der Waals surface area (Å²) in [5, 5.41) is 27.8. The van der Waals surface area contributed by atoms with Crippen molar-refractivity contribution in [3.05, 3.63) is 28.8 Å². The van der Waals surface area contributed by atoms with E-state index in [1.54, 1.807) is 18.2 Å². The highest BCUT2D eigenvalue weighted by Gasteiger charge is 2.56. The van der Waals surface area contributed by atoms with Crippen LogP contribution >= 0.6 is 11.6 Å². The van der Waals surface area contributed by atoms with E-state index >= 15 is 0 Å². The first-order chi connectivity index (χ1) is 17.9. The van der Waals surface area contributed by atoms with E-state index in [9.17, 15) is 33.0 Å². The number of nitrogens with one attached hydrogen (secondary N) is 2. The van der Waals surface area contributed by atoms with E-state index in [2.05, 4.69) is 15.4 Å². The second kappa shape index (κ2) is 10.1. The fraction of sp³-hybridized carbons (Fsp3) is 0.680. The van der Waals surface area contributed by atoms with E-state index in [4.69, 9.17) is 21.1 Å². The minimum atomic E-state index is -4.69. The van der Waals surface area contributed by atoms with Gasteiger partial charge in [-0.15, -0.1) is 13.2 Å². The highest BCUT2D eigenvalue weighted by Crippen LogP contribution is 2.47. The molecule has 1 heterocycles. The largest absolute Gasteiger partial charge is 0.522 e. The van der Waals surface area contributed by atoms with Crippen LogP contribution in [0.1, 0.15) is 63.0 Å². The number of carbonyl (C=O) groups is 2. The summed E-state index contributed by atoms with van der Waals surface area (Å²) in [5.74, 6) is -0.435. The summed E-state index contributed by atoms with van der Waals surface area (Å²) in [4.78, 5) is 25.6. The molecule has 3 atom stereocenters. The SMILES string of the molecule is O=C(CO[C@H]1C[C@@H](OC(F)(F)F)C1)NC12CCC(NC(=O)[C@@H]3C[C@@H](O)c4cc(Cl)ccc4O3)(CC1)C[C@@H]2O. The van der Waals surface area contributed by atoms with Gasteiger partial charge in [0.25, 0.3) is 5.91 Å². The van der Waals surface area contributed by atoms with Crippen LogP contribution in [-0.2, 0) is 19.1 Å². The first-order valence-corrected chi connectivity index (χ1v) is 13.0. The average Bonchev–Trinajstić information content (AvgIpc) is 2.81. The normalized spacial score (nSPS) is 36.0. The molecular formula is C25H30ClF3N2O7. The van der Waals surface area contributed by atoms with Gasteiger partial charge in [-0.25, -0.2) is 0 Å². The van der Waals surface area contributed by atoms with Crippen molar-refractivity contribution >= 4 is 23.4 Å². The van der Waals surface area contributed by atoms with Crippen LogP contribution in [0.15, 0.2) is 18.2 Å². The third-order valence-electron chi connectivity index (χ3n) is 8.23. The quantitative estimate of drug-likeness (QED) is 0.402. The smallest absolute Gasteiger partial charge is 0.480 e. The molecule has 6 rings (SSSR count). The number of hydrogen-bond donors (Lipinski definition) is 4. The van der Waals surface area contributed by atoms with Gasteiger partial charge in [0.2, 0.25) is 5.91 Å². The van der Waals surface area contributed by atoms with E-state index in [0.717, 1.165) is 0 Å². The summed E-state index contributed by atoms with van der Waals surface area (Å²) in [6.07, 6.45) is -6.51. The van der Waals surface area contributed by atoms with Crippen LogP contribution in [0, 0.1) is 0 Å². The molecule has 4 aliphatic carbocycles. The summed E-state index contributed by atoms with van der Waals surface area (Å²) in [6, 6.07) is 4.84. The lowest BCUT2D eigenvalue weighted by Crippen LogP contribution is -2.71. The number of hydrogen-bond acceptors (Lipinski definition) is 7. The first-order valence-electron chi connectivity index (χ1n) is 12.7. The number of rotatable bonds is 7. The van der Waals surface area contributed by atoms with Gasteiger partial charge in [-0.1, -0.05) is 11.6 Å². The Balaban J connectivity index is 1.10. The Bertz CT molecular complexity index is 1070. The first kappa shape index (κ1) is 27.4. The molecule has 1 aliphatic heterocycles. The second-order valence-corrected chi connectivity index (χ2v) is 11.3. The molecule has 1 aromatic carbocycles. The molecule has 0 radical (unpaired) electrons. The molecule has 0 saturated heterocycles. The van der Waals surface area contributed by atoms with Gasteiger partial charge in [-0.3, -0.25) is 14.3 Å². The number of benzene rings is 1. The van der Waals surface area contributed by atoms with Crippen molar-refractivity contribution in [2.45, 2.75) is 99.3 Å². The number of aliphatic hydroxyl groups is 2. The van der Waals surface area contributed by atoms with Gasteiger partial charge in [0, 0.05) is 35.4 Å². The topological polar surface area (TPSA) is 126 Å². The number of halogens is 4. The van der Waals surface area contributed by atoms with Crippen molar-refractivity contribution in [3.8, 4) is 5.75 Å². The fourth-order valence-electron chi connectivity index (χ4n) is 6.03. The Morgan fingerprint density at radius 2 is 1.79 bits per heavy atom. The van der Waals surface area contributed by atoms with Gasteiger partial charge in [0.1, 0.15) is 12.4 Å². The summed E-state index contributed by atoms with van der Waals surface area (Å²) in [5.41, 5.74) is -0.987. The Hall–Kier alpha value is -2.12. The van der Waals surface area contributed by atoms with Gasteiger partial charge in [0.15, 0.2) is 6.10 Å². The summed E-state index contributed by atoms with van der Waals surface area (Å²) >= 11 is 5.99. The zero-order chi connectivity index (χ0) is 27.3. The van der Waals surface area contributed by atoms with E-state index in [-0.39, 0.29) is 38.2 Å². The number of ether oxygens (including phenoxy) is 3. The third kappa shape index (κ3) is 5.74. The van der Waals surface area contributed by atoms with Crippen molar-refractivity contribution in [1.29, 1.82) is 0 Å². The second-order valence-electron chi connectivity index (χ2n) is 10.8. The molecule has 4 fully saturated rings. The van der Waals surface area contributed by atoms with Gasteiger partial charge in [-0.2, -0.15) is 0 Å². The molecule has 4 N–H and O–H groups in total. The van der Waals surface area contributed by atoms with E-state index in [0.29, 0.717) is 42.0 Å². The molecular weight excluding hydrogens is 533 g/mol. The van der Waals surface area contributed by atoms with Gasteiger partial charge >= 0.3 is 6.36 Å². The Morgan fingerprint density at radius 3 is 2.45 bits per heavy atom. The minimum Gasteiger partial charge on any atom is -0.480 e. The lowest BCUT2D eigenvalue weighted by atomic mass is 9.59. The number of aliphatic hydroxyl groups excluding tert-OH is 2. The molecule has 13 heteroatoms. The maximum absolute atomic E-state index is 13.1. The molecule has 2 amide bonds. The molecule has 38 heavy (non-hydrogen) atoms. The fourth-order valence-corrected chi connectivity index (χ4v) is 6.21. The maximum atomic E-state index is 13.1. The standard InChI is InChI=1S/C25H30ClF3N2O7/c26-13-1-2-18-16(7-13)17(32)10-19(37-18)22(35)31-23-3-5-24(6-4-23,20(33)11-23)30-21(34)12-36-14-8-15(9-14)38-25(27,28)29/h1-2,7,14-15,17,19-20,32-33H,3-6,8-12H2,(H,30,34)(H,31,35)/t14-,15+,17-,19+,20+,23?,24?/m1/s1. The molecule has 4 saturated carbocycles. The zero-order valence-electron chi connectivity index (χ0n) is 20.4. The Kier molecular flexibility index (Phi) is 7.31. The molecule has 0 spiro atoms. The minimum absolute atomic E-state index is 0.0594. The lowest BCUT2D eigenvalue weighted by molar-refractivity contribution is -0.357. The van der Waals surface area contributed by atoms with Crippen molar-refractivity contribution in [1.82, 2.24) is 10.6 Å². The summed E-state index contributed by atoms with van der Waals surface area (Å²) in [6.45, 7) is -0.326. The van der Waals surface area contributed by atoms with E-state index in [1.165, 1.54) is 0 Å². The molecule has 2 bridgehead atoms.